The number of carbonyl (C=O) groups is 2. The summed E-state index contributed by atoms with van der Waals surface area (Å²) in [7, 11) is 0. The molecule has 0 atom stereocenters. The third-order valence-corrected chi connectivity index (χ3v) is 4.51. The van der Waals surface area contributed by atoms with Crippen molar-refractivity contribution in [2.24, 2.45) is 0 Å². The van der Waals surface area contributed by atoms with Gasteiger partial charge in [-0.3, -0.25) is 9.59 Å². The summed E-state index contributed by atoms with van der Waals surface area (Å²) in [5.41, 5.74) is 0.113. The summed E-state index contributed by atoms with van der Waals surface area (Å²) >= 11 is 6.16. The second-order valence-electron chi connectivity index (χ2n) is 6.03. The van der Waals surface area contributed by atoms with Crippen LogP contribution in [0.1, 0.15) is 31.2 Å². The lowest BCUT2D eigenvalue weighted by molar-refractivity contribution is -0.140. The average molecular weight is 340 g/mol. The Kier molecular flexibility index (Phi) is 4.35. The Hall–Kier alpha value is -1.95. The third-order valence-electron chi connectivity index (χ3n) is 4.23. The smallest absolute Gasteiger partial charge is 0.305 e. The van der Waals surface area contributed by atoms with Crippen LogP contribution >= 0.6 is 11.6 Å². The summed E-state index contributed by atoms with van der Waals surface area (Å²) in [6.45, 7) is 0.894. The molecule has 0 radical (unpaired) electrons. The highest BCUT2D eigenvalue weighted by Crippen LogP contribution is 2.39. The highest BCUT2D eigenvalue weighted by Gasteiger charge is 2.40. The number of rotatable bonds is 5. The number of hydrogen-bond donors (Lipinski definition) is 2. The first-order valence-electron chi connectivity index (χ1n) is 7.58. The first-order valence-corrected chi connectivity index (χ1v) is 7.96. The van der Waals surface area contributed by atoms with E-state index in [-0.39, 0.29) is 18.7 Å². The Labute approximate surface area is 138 Å². The molecule has 1 aromatic rings. The standard InChI is InChI=1S/C16H18ClNO5/c17-11-6-10(7-12-15(11)23-5-4-22-12)8-13(19)18-16(2-1-3-16)9-14(20)21/h6-7H,1-5,8-9H2,(H,18,19)(H,20,21). The van der Waals surface area contributed by atoms with E-state index >= 15 is 0 Å². The van der Waals surface area contributed by atoms with Crippen molar-refractivity contribution in [2.75, 3.05) is 13.2 Å². The van der Waals surface area contributed by atoms with Gasteiger partial charge in [0, 0.05) is 0 Å². The summed E-state index contributed by atoms with van der Waals surface area (Å²) in [5, 5.41) is 12.3. The molecule has 2 aliphatic rings. The van der Waals surface area contributed by atoms with Crippen molar-refractivity contribution in [3.8, 4) is 11.5 Å². The van der Waals surface area contributed by atoms with E-state index in [2.05, 4.69) is 5.32 Å². The molecule has 0 aromatic heterocycles. The highest BCUT2D eigenvalue weighted by molar-refractivity contribution is 6.32. The van der Waals surface area contributed by atoms with E-state index in [1.54, 1.807) is 12.1 Å². The number of hydrogen-bond acceptors (Lipinski definition) is 4. The van der Waals surface area contributed by atoms with Crippen molar-refractivity contribution in [3.05, 3.63) is 22.7 Å². The predicted octanol–water partition coefficient (Wildman–Crippen LogP) is 2.17. The number of benzene rings is 1. The number of nitrogens with one attached hydrogen (secondary N) is 1. The molecule has 1 fully saturated rings. The molecule has 23 heavy (non-hydrogen) atoms. The zero-order valence-corrected chi connectivity index (χ0v) is 13.3. The third kappa shape index (κ3) is 3.52. The molecule has 7 heteroatoms. The van der Waals surface area contributed by atoms with Crippen LogP contribution < -0.4 is 14.8 Å². The summed E-state index contributed by atoms with van der Waals surface area (Å²) in [6.07, 6.45) is 2.42. The number of ether oxygens (including phenoxy) is 2. The molecule has 1 saturated carbocycles. The van der Waals surface area contributed by atoms with Crippen molar-refractivity contribution in [3.63, 3.8) is 0 Å². The molecule has 6 nitrogen and oxygen atoms in total. The predicted molar refractivity (Wildman–Crippen MR) is 83.1 cm³/mol. The van der Waals surface area contributed by atoms with E-state index in [4.69, 9.17) is 26.2 Å². The van der Waals surface area contributed by atoms with Gasteiger partial charge in [-0.05, 0) is 37.0 Å². The zero-order valence-electron chi connectivity index (χ0n) is 12.6. The van der Waals surface area contributed by atoms with Crippen molar-refractivity contribution >= 4 is 23.5 Å². The van der Waals surface area contributed by atoms with Crippen LogP contribution in [0.4, 0.5) is 0 Å². The van der Waals surface area contributed by atoms with E-state index in [1.807, 2.05) is 0 Å². The molecule has 1 amide bonds. The molecule has 1 aliphatic carbocycles. The number of carboxylic acids is 1. The van der Waals surface area contributed by atoms with Crippen LogP contribution in [0.5, 0.6) is 11.5 Å². The minimum atomic E-state index is -0.896. The van der Waals surface area contributed by atoms with Gasteiger partial charge in [-0.1, -0.05) is 11.6 Å². The number of amides is 1. The Balaban J connectivity index is 1.68. The van der Waals surface area contributed by atoms with Crippen LogP contribution in [0.2, 0.25) is 5.02 Å². The maximum absolute atomic E-state index is 12.3. The molecule has 124 valence electrons. The molecule has 1 heterocycles. The van der Waals surface area contributed by atoms with E-state index in [1.165, 1.54) is 0 Å². The molecule has 1 aliphatic heterocycles. The molecule has 0 spiro atoms. The lowest BCUT2D eigenvalue weighted by atomic mass is 9.74. The molecule has 2 N–H and O–H groups in total. The second kappa shape index (κ2) is 6.28. The van der Waals surface area contributed by atoms with Gasteiger partial charge in [0.05, 0.1) is 23.4 Å². The number of fused-ring (bicyclic) bond motifs is 1. The van der Waals surface area contributed by atoms with E-state index in [9.17, 15) is 9.59 Å². The summed E-state index contributed by atoms with van der Waals surface area (Å²) < 4.78 is 10.9. The molecule has 0 unspecified atom stereocenters. The fraction of sp³-hybridized carbons (Fsp3) is 0.500. The number of carbonyl (C=O) groups excluding carboxylic acids is 1. The number of carboxylic acid groups (broad SMARTS) is 1. The van der Waals surface area contributed by atoms with E-state index in [0.717, 1.165) is 6.42 Å². The molecular weight excluding hydrogens is 322 g/mol. The largest absolute Gasteiger partial charge is 0.486 e. The van der Waals surface area contributed by atoms with Crippen LogP contribution in [0.15, 0.2) is 12.1 Å². The first-order chi connectivity index (χ1) is 11.0. The van der Waals surface area contributed by atoms with Gasteiger partial charge < -0.3 is 19.9 Å². The van der Waals surface area contributed by atoms with Crippen LogP contribution in [0.25, 0.3) is 0 Å². The summed E-state index contributed by atoms with van der Waals surface area (Å²) in [4.78, 5) is 23.2. The van der Waals surface area contributed by atoms with E-state index < -0.39 is 11.5 Å². The van der Waals surface area contributed by atoms with Gasteiger partial charge in [0.15, 0.2) is 11.5 Å². The van der Waals surface area contributed by atoms with Crippen LogP contribution in [-0.4, -0.2) is 35.7 Å². The SMILES string of the molecule is O=C(O)CC1(NC(=O)Cc2cc(Cl)c3c(c2)OCCO3)CCC1. The topological polar surface area (TPSA) is 84.9 Å². The average Bonchev–Trinajstić information content (AvgIpc) is 2.44. The van der Waals surface area contributed by atoms with Gasteiger partial charge in [0.25, 0.3) is 0 Å². The summed E-state index contributed by atoms with van der Waals surface area (Å²) in [5.74, 6) is -0.0649. The van der Waals surface area contributed by atoms with E-state index in [0.29, 0.717) is 48.1 Å². The van der Waals surface area contributed by atoms with Gasteiger partial charge in [0.1, 0.15) is 13.2 Å². The molecule has 0 saturated heterocycles. The Morgan fingerprint density at radius 2 is 2.00 bits per heavy atom. The van der Waals surface area contributed by atoms with Crippen molar-refractivity contribution < 1.29 is 24.2 Å². The zero-order chi connectivity index (χ0) is 16.4. The molecule has 1 aromatic carbocycles. The second-order valence-corrected chi connectivity index (χ2v) is 6.44. The Morgan fingerprint density at radius 1 is 1.26 bits per heavy atom. The lowest BCUT2D eigenvalue weighted by Gasteiger charge is -2.41. The quantitative estimate of drug-likeness (QED) is 0.858. The maximum Gasteiger partial charge on any atom is 0.305 e. The van der Waals surface area contributed by atoms with Gasteiger partial charge in [-0.15, -0.1) is 0 Å². The molecule has 0 bridgehead atoms. The monoisotopic (exact) mass is 339 g/mol. The van der Waals surface area contributed by atoms with Crippen molar-refractivity contribution in [2.45, 2.75) is 37.6 Å². The fourth-order valence-electron chi connectivity index (χ4n) is 3.03. The van der Waals surface area contributed by atoms with Crippen molar-refractivity contribution in [1.29, 1.82) is 0 Å². The molecule has 3 rings (SSSR count). The van der Waals surface area contributed by atoms with Crippen molar-refractivity contribution in [1.82, 2.24) is 5.32 Å². The summed E-state index contributed by atoms with van der Waals surface area (Å²) in [6, 6.07) is 3.42. The fourth-order valence-corrected chi connectivity index (χ4v) is 3.32. The van der Waals surface area contributed by atoms with Crippen LogP contribution in [-0.2, 0) is 16.0 Å². The van der Waals surface area contributed by atoms with Crippen LogP contribution in [0, 0.1) is 0 Å². The molecular formula is C16H18ClNO5. The number of aliphatic carboxylic acids is 1. The first kappa shape index (κ1) is 15.9. The van der Waals surface area contributed by atoms with Crippen LogP contribution in [0.3, 0.4) is 0 Å². The van der Waals surface area contributed by atoms with Gasteiger partial charge >= 0.3 is 5.97 Å². The maximum atomic E-state index is 12.3. The minimum absolute atomic E-state index is 0.0410. The van der Waals surface area contributed by atoms with Gasteiger partial charge in [0.2, 0.25) is 5.91 Å². The minimum Gasteiger partial charge on any atom is -0.486 e. The van der Waals surface area contributed by atoms with Gasteiger partial charge in [-0.2, -0.15) is 0 Å². The Bertz CT molecular complexity index is 642. The normalized spacial score (nSPS) is 18.0. The number of halogens is 1. The van der Waals surface area contributed by atoms with Gasteiger partial charge in [-0.25, -0.2) is 0 Å². The lowest BCUT2D eigenvalue weighted by Crippen LogP contribution is -2.55. The Morgan fingerprint density at radius 3 is 2.65 bits per heavy atom. The highest BCUT2D eigenvalue weighted by atomic mass is 35.5.